The van der Waals surface area contributed by atoms with Crippen LogP contribution in [0.5, 0.6) is 0 Å². The Balaban J connectivity index is 1.83. The van der Waals surface area contributed by atoms with Crippen molar-refractivity contribution in [2.45, 2.75) is 32.2 Å². The SMILES string of the molecule is C[C@H]1CNCCN1C(=O)c1ccc2c(c1)CCC2. The molecule has 3 heteroatoms. The summed E-state index contributed by atoms with van der Waals surface area (Å²) >= 11 is 0. The Morgan fingerprint density at radius 2 is 2.17 bits per heavy atom. The molecule has 3 rings (SSSR count). The Morgan fingerprint density at radius 3 is 3.00 bits per heavy atom. The molecule has 1 N–H and O–H groups in total. The van der Waals surface area contributed by atoms with E-state index in [0.29, 0.717) is 6.04 Å². The van der Waals surface area contributed by atoms with Crippen LogP contribution < -0.4 is 5.32 Å². The topological polar surface area (TPSA) is 32.3 Å². The quantitative estimate of drug-likeness (QED) is 0.814. The van der Waals surface area contributed by atoms with E-state index in [0.717, 1.165) is 31.6 Å². The lowest BCUT2D eigenvalue weighted by Gasteiger charge is -2.34. The van der Waals surface area contributed by atoms with Gasteiger partial charge >= 0.3 is 0 Å². The first kappa shape index (κ1) is 11.7. The van der Waals surface area contributed by atoms with Crippen molar-refractivity contribution >= 4 is 5.91 Å². The lowest BCUT2D eigenvalue weighted by molar-refractivity contribution is 0.0655. The predicted molar refractivity (Wildman–Crippen MR) is 71.8 cm³/mol. The van der Waals surface area contributed by atoms with Crippen LogP contribution in [0.2, 0.25) is 0 Å². The Hall–Kier alpha value is -1.35. The van der Waals surface area contributed by atoms with Crippen LogP contribution in [0.25, 0.3) is 0 Å². The summed E-state index contributed by atoms with van der Waals surface area (Å²) in [4.78, 5) is 14.5. The van der Waals surface area contributed by atoms with Crippen LogP contribution in [0, 0.1) is 0 Å². The van der Waals surface area contributed by atoms with Gasteiger partial charge in [0.05, 0.1) is 0 Å². The van der Waals surface area contributed by atoms with Gasteiger partial charge in [-0.1, -0.05) is 6.07 Å². The van der Waals surface area contributed by atoms with Crippen molar-refractivity contribution < 1.29 is 4.79 Å². The summed E-state index contributed by atoms with van der Waals surface area (Å²) in [5.41, 5.74) is 3.67. The molecule has 2 aliphatic rings. The number of fused-ring (bicyclic) bond motifs is 1. The lowest BCUT2D eigenvalue weighted by Crippen LogP contribution is -2.52. The fraction of sp³-hybridized carbons (Fsp3) is 0.533. The van der Waals surface area contributed by atoms with Crippen LogP contribution in [0.15, 0.2) is 18.2 Å². The highest BCUT2D eigenvalue weighted by Crippen LogP contribution is 2.23. The van der Waals surface area contributed by atoms with Crippen LogP contribution in [0.3, 0.4) is 0 Å². The van der Waals surface area contributed by atoms with Gasteiger partial charge in [0.1, 0.15) is 0 Å². The second-order valence-electron chi connectivity index (χ2n) is 5.39. The summed E-state index contributed by atoms with van der Waals surface area (Å²) < 4.78 is 0. The smallest absolute Gasteiger partial charge is 0.254 e. The number of piperazine rings is 1. The molecule has 18 heavy (non-hydrogen) atoms. The second-order valence-corrected chi connectivity index (χ2v) is 5.39. The molecule has 0 spiro atoms. The molecule has 0 radical (unpaired) electrons. The fourth-order valence-corrected chi connectivity index (χ4v) is 3.01. The zero-order valence-corrected chi connectivity index (χ0v) is 10.9. The second kappa shape index (κ2) is 4.73. The molecule has 0 bridgehead atoms. The number of hydrogen-bond acceptors (Lipinski definition) is 2. The first-order chi connectivity index (χ1) is 8.75. The van der Waals surface area contributed by atoms with E-state index in [4.69, 9.17) is 0 Å². The Kier molecular flexibility index (Phi) is 3.08. The maximum absolute atomic E-state index is 12.5. The average Bonchev–Trinajstić information content (AvgIpc) is 2.85. The van der Waals surface area contributed by atoms with Gasteiger partial charge in [0.25, 0.3) is 5.91 Å². The number of benzene rings is 1. The molecule has 1 aliphatic carbocycles. The number of nitrogens with one attached hydrogen (secondary N) is 1. The minimum Gasteiger partial charge on any atom is -0.333 e. The highest BCUT2D eigenvalue weighted by molar-refractivity contribution is 5.94. The summed E-state index contributed by atoms with van der Waals surface area (Å²) in [5, 5.41) is 3.32. The van der Waals surface area contributed by atoms with Gasteiger partial charge in [-0.15, -0.1) is 0 Å². The lowest BCUT2D eigenvalue weighted by atomic mass is 10.0. The average molecular weight is 244 g/mol. The highest BCUT2D eigenvalue weighted by atomic mass is 16.2. The van der Waals surface area contributed by atoms with Crippen LogP contribution in [-0.4, -0.2) is 36.5 Å². The minimum absolute atomic E-state index is 0.193. The first-order valence-electron chi connectivity index (χ1n) is 6.89. The zero-order valence-electron chi connectivity index (χ0n) is 10.9. The predicted octanol–water partition coefficient (Wildman–Crippen LogP) is 1.61. The molecule has 1 fully saturated rings. The molecule has 0 aromatic heterocycles. The molecule has 1 aromatic carbocycles. The fourth-order valence-electron chi connectivity index (χ4n) is 3.01. The van der Waals surface area contributed by atoms with Crippen LogP contribution in [0.4, 0.5) is 0 Å². The molecule has 1 aliphatic heterocycles. The molecule has 3 nitrogen and oxygen atoms in total. The first-order valence-corrected chi connectivity index (χ1v) is 6.89. The van der Waals surface area contributed by atoms with Crippen molar-refractivity contribution in [2.75, 3.05) is 19.6 Å². The number of carbonyl (C=O) groups is 1. The molecule has 1 atom stereocenters. The highest BCUT2D eigenvalue weighted by Gasteiger charge is 2.24. The number of hydrogen-bond donors (Lipinski definition) is 1. The molecule has 1 aromatic rings. The van der Waals surface area contributed by atoms with Crippen LogP contribution in [0.1, 0.15) is 34.8 Å². The summed E-state index contributed by atoms with van der Waals surface area (Å²) in [6.45, 7) is 4.73. The summed E-state index contributed by atoms with van der Waals surface area (Å²) in [7, 11) is 0. The van der Waals surface area contributed by atoms with Crippen molar-refractivity contribution in [3.63, 3.8) is 0 Å². The Morgan fingerprint density at radius 1 is 1.33 bits per heavy atom. The van der Waals surface area contributed by atoms with E-state index in [1.54, 1.807) is 0 Å². The van der Waals surface area contributed by atoms with Crippen molar-refractivity contribution in [3.05, 3.63) is 34.9 Å². The summed E-state index contributed by atoms with van der Waals surface area (Å²) in [6.07, 6.45) is 3.54. The van der Waals surface area contributed by atoms with Gasteiger partial charge in [0.2, 0.25) is 0 Å². The van der Waals surface area contributed by atoms with Crippen molar-refractivity contribution in [1.29, 1.82) is 0 Å². The zero-order chi connectivity index (χ0) is 12.5. The number of amides is 1. The Bertz CT molecular complexity index is 470. The minimum atomic E-state index is 0.193. The largest absolute Gasteiger partial charge is 0.333 e. The van der Waals surface area contributed by atoms with E-state index in [9.17, 15) is 4.79 Å². The van der Waals surface area contributed by atoms with Gasteiger partial charge in [-0.05, 0) is 49.4 Å². The number of nitrogens with zero attached hydrogens (tertiary/aromatic N) is 1. The number of carbonyl (C=O) groups excluding carboxylic acids is 1. The van der Waals surface area contributed by atoms with E-state index in [2.05, 4.69) is 24.4 Å². The molecule has 1 saturated heterocycles. The van der Waals surface area contributed by atoms with Crippen molar-refractivity contribution in [3.8, 4) is 0 Å². The monoisotopic (exact) mass is 244 g/mol. The van der Waals surface area contributed by atoms with E-state index in [1.165, 1.54) is 24.0 Å². The molecular formula is C15H20N2O. The van der Waals surface area contributed by atoms with E-state index >= 15 is 0 Å². The van der Waals surface area contributed by atoms with Gasteiger partial charge < -0.3 is 10.2 Å². The van der Waals surface area contributed by atoms with Crippen LogP contribution in [-0.2, 0) is 12.8 Å². The number of rotatable bonds is 1. The summed E-state index contributed by atoms with van der Waals surface area (Å²) in [5.74, 6) is 0.193. The third-order valence-corrected chi connectivity index (χ3v) is 4.11. The molecule has 0 unspecified atom stereocenters. The van der Waals surface area contributed by atoms with E-state index in [-0.39, 0.29) is 5.91 Å². The van der Waals surface area contributed by atoms with Crippen molar-refractivity contribution in [1.82, 2.24) is 10.2 Å². The van der Waals surface area contributed by atoms with Gasteiger partial charge in [0.15, 0.2) is 0 Å². The Labute approximate surface area is 108 Å². The standard InChI is InChI=1S/C15H20N2O/c1-11-10-16-7-8-17(11)15(18)14-6-5-12-3-2-4-13(12)9-14/h5-6,9,11,16H,2-4,7-8,10H2,1H3/t11-/m0/s1. The summed E-state index contributed by atoms with van der Waals surface area (Å²) in [6, 6.07) is 6.54. The molecule has 1 amide bonds. The maximum Gasteiger partial charge on any atom is 0.254 e. The van der Waals surface area contributed by atoms with E-state index in [1.807, 2.05) is 11.0 Å². The van der Waals surface area contributed by atoms with Gasteiger partial charge in [0, 0.05) is 31.2 Å². The van der Waals surface area contributed by atoms with Crippen LogP contribution >= 0.6 is 0 Å². The van der Waals surface area contributed by atoms with Gasteiger partial charge in [-0.3, -0.25) is 4.79 Å². The third kappa shape index (κ3) is 2.03. The number of aryl methyl sites for hydroxylation is 2. The molecular weight excluding hydrogens is 224 g/mol. The molecule has 0 saturated carbocycles. The normalized spacial score (nSPS) is 22.9. The van der Waals surface area contributed by atoms with Crippen molar-refractivity contribution in [2.24, 2.45) is 0 Å². The molecule has 96 valence electrons. The maximum atomic E-state index is 12.5. The van der Waals surface area contributed by atoms with Gasteiger partial charge in [-0.25, -0.2) is 0 Å². The van der Waals surface area contributed by atoms with Gasteiger partial charge in [-0.2, -0.15) is 0 Å². The molecule has 1 heterocycles. The van der Waals surface area contributed by atoms with E-state index < -0.39 is 0 Å². The third-order valence-electron chi connectivity index (χ3n) is 4.11.